The molecule has 4 heavy (non-hydrogen) atoms. The van der Waals surface area contributed by atoms with E-state index in [-0.39, 0.29) is 7.69 Å². The summed E-state index contributed by atoms with van der Waals surface area (Å²) >= 11 is 0. The molecule has 4 heteroatoms. The van der Waals surface area contributed by atoms with E-state index in [0.29, 0.717) is 10.5 Å². The minimum atomic E-state index is -0.119. The van der Waals surface area contributed by atoms with E-state index in [9.17, 15) is 0 Å². The predicted molar refractivity (Wildman–Crippen MR) is 20.4 cm³/mol. The van der Waals surface area contributed by atoms with Gasteiger partial charge in [0, 0.05) is 0 Å². The summed E-state index contributed by atoms with van der Waals surface area (Å²) < 4.78 is 4.24. The van der Waals surface area contributed by atoms with E-state index in [0.717, 1.165) is 0 Å². The van der Waals surface area contributed by atoms with Crippen LogP contribution in [-0.2, 0) is 4.34 Å². The van der Waals surface area contributed by atoms with Gasteiger partial charge in [0.2, 0.25) is 0 Å². The average Bonchev–Trinajstić information content (AvgIpc) is 1.37. The summed E-state index contributed by atoms with van der Waals surface area (Å²) in [5.74, 6) is 0. The molecule has 0 unspecified atom stereocenters. The summed E-state index contributed by atoms with van der Waals surface area (Å²) in [5, 5.41) is 7.69. The van der Waals surface area contributed by atoms with Gasteiger partial charge >= 0.3 is 7.69 Å². The Morgan fingerprint density at radius 1 is 2.00 bits per heavy atom. The minimum absolute atomic E-state index is 0.119. The Kier molecular flexibility index (Phi) is 3.36. The van der Waals surface area contributed by atoms with Gasteiger partial charge in [-0.3, -0.25) is 0 Å². The lowest BCUT2D eigenvalue weighted by Crippen LogP contribution is -1.88. The predicted octanol–water partition coefficient (Wildman–Crippen LogP) is -2.46. The van der Waals surface area contributed by atoms with Gasteiger partial charge < -0.3 is 9.37 Å². The SMILES string of the molecule is OBO[SiH3]. The van der Waals surface area contributed by atoms with Crippen molar-refractivity contribution in [1.29, 1.82) is 0 Å². The van der Waals surface area contributed by atoms with Crippen LogP contribution < -0.4 is 0 Å². The Bertz CT molecular complexity index is 8.00. The fourth-order valence-electron chi connectivity index (χ4n) is 0. The minimum Gasteiger partial charge on any atom is -0.464 e. The number of hydrogen-bond acceptors (Lipinski definition) is 2. The normalized spacial score (nSPS) is 7.25. The first-order valence-electron chi connectivity index (χ1n) is 1.01. The Morgan fingerprint density at radius 3 is 2.25 bits per heavy atom. The van der Waals surface area contributed by atoms with Gasteiger partial charge in [-0.25, -0.2) is 0 Å². The molecule has 0 radical (unpaired) electrons. The van der Waals surface area contributed by atoms with Crippen LogP contribution >= 0.6 is 0 Å². The van der Waals surface area contributed by atoms with Crippen LogP contribution in [0.25, 0.3) is 0 Å². The van der Waals surface area contributed by atoms with Crippen LogP contribution in [0.4, 0.5) is 0 Å². The van der Waals surface area contributed by atoms with E-state index < -0.39 is 0 Å². The van der Waals surface area contributed by atoms with Gasteiger partial charge in [0.15, 0.2) is 0 Å². The van der Waals surface area contributed by atoms with Gasteiger partial charge in [0.1, 0.15) is 10.5 Å². The molecule has 0 aliphatic heterocycles. The van der Waals surface area contributed by atoms with E-state index in [1.165, 1.54) is 0 Å². The van der Waals surface area contributed by atoms with Crippen molar-refractivity contribution in [1.82, 2.24) is 0 Å². The van der Waals surface area contributed by atoms with Crippen molar-refractivity contribution in [2.75, 3.05) is 0 Å². The molecule has 0 rings (SSSR count). The lowest BCUT2D eigenvalue weighted by Gasteiger charge is -1.73. The molecular formula is H5BO2Si. The van der Waals surface area contributed by atoms with Gasteiger partial charge in [-0.05, 0) is 0 Å². The Hall–Kier alpha value is 0.202. The zero-order valence-electron chi connectivity index (χ0n) is 2.56. The van der Waals surface area contributed by atoms with Gasteiger partial charge in [-0.2, -0.15) is 0 Å². The summed E-state index contributed by atoms with van der Waals surface area (Å²) in [5.41, 5.74) is 0. The molecule has 0 saturated heterocycles. The smallest absolute Gasteiger partial charge is 0.423 e. The van der Waals surface area contributed by atoms with Crippen LogP contribution in [0.2, 0.25) is 0 Å². The van der Waals surface area contributed by atoms with Gasteiger partial charge in [0.05, 0.1) is 0 Å². The maximum atomic E-state index is 7.69. The zero-order valence-corrected chi connectivity index (χ0v) is 4.56. The molecule has 0 spiro atoms. The zero-order chi connectivity index (χ0) is 3.41. The maximum absolute atomic E-state index is 7.69. The third-order valence-corrected chi connectivity index (χ3v) is 0.387. The van der Waals surface area contributed by atoms with Crippen molar-refractivity contribution in [2.45, 2.75) is 0 Å². The maximum Gasteiger partial charge on any atom is 0.423 e. The molecule has 0 saturated carbocycles. The van der Waals surface area contributed by atoms with Gasteiger partial charge in [-0.1, -0.05) is 0 Å². The average molecular weight is 75.9 g/mol. The van der Waals surface area contributed by atoms with Crippen molar-refractivity contribution < 1.29 is 9.37 Å². The van der Waals surface area contributed by atoms with Crippen LogP contribution in [0.3, 0.4) is 0 Å². The van der Waals surface area contributed by atoms with Gasteiger partial charge in [-0.15, -0.1) is 0 Å². The van der Waals surface area contributed by atoms with E-state index in [2.05, 4.69) is 4.34 Å². The summed E-state index contributed by atoms with van der Waals surface area (Å²) in [6, 6.07) is 0. The Balaban J connectivity index is 1.97. The van der Waals surface area contributed by atoms with E-state index >= 15 is 0 Å². The van der Waals surface area contributed by atoms with E-state index in [1.807, 2.05) is 0 Å². The monoisotopic (exact) mass is 76.0 g/mol. The highest BCUT2D eigenvalue weighted by Crippen LogP contribution is 1.37. The molecule has 0 aliphatic carbocycles. The number of rotatable bonds is 1. The fraction of sp³-hybridized carbons (Fsp3) is 0. The molecule has 0 aromatic carbocycles. The van der Waals surface area contributed by atoms with Crippen LogP contribution in [0.15, 0.2) is 0 Å². The number of hydrogen-bond donors (Lipinski definition) is 1. The van der Waals surface area contributed by atoms with Gasteiger partial charge in [0.25, 0.3) is 0 Å². The van der Waals surface area contributed by atoms with Crippen LogP contribution in [0.5, 0.6) is 0 Å². The molecule has 0 atom stereocenters. The van der Waals surface area contributed by atoms with Crippen LogP contribution in [-0.4, -0.2) is 23.2 Å². The molecule has 0 aromatic heterocycles. The molecule has 24 valence electrons. The lowest BCUT2D eigenvalue weighted by molar-refractivity contribution is 0.478. The topological polar surface area (TPSA) is 29.5 Å². The third-order valence-electron chi connectivity index (χ3n) is 0.129. The first-order valence-corrected chi connectivity index (χ1v) is 1.83. The van der Waals surface area contributed by atoms with Crippen molar-refractivity contribution in [3.05, 3.63) is 0 Å². The summed E-state index contributed by atoms with van der Waals surface area (Å²) in [7, 11) is 0.521. The molecule has 0 bridgehead atoms. The Labute approximate surface area is 28.6 Å². The summed E-state index contributed by atoms with van der Waals surface area (Å²) in [4.78, 5) is 0. The van der Waals surface area contributed by atoms with E-state index in [4.69, 9.17) is 5.02 Å². The van der Waals surface area contributed by atoms with Crippen molar-refractivity contribution in [3.8, 4) is 0 Å². The van der Waals surface area contributed by atoms with Crippen molar-refractivity contribution >= 4 is 18.2 Å². The highest BCUT2D eigenvalue weighted by molar-refractivity contribution is 6.25. The van der Waals surface area contributed by atoms with Crippen molar-refractivity contribution in [3.63, 3.8) is 0 Å². The molecule has 2 nitrogen and oxygen atoms in total. The molecular weight excluding hydrogens is 70.9 g/mol. The molecule has 0 heterocycles. The second-order valence-electron chi connectivity index (χ2n) is 0.418. The second kappa shape index (κ2) is 3.20. The molecule has 0 amide bonds. The highest BCUT2D eigenvalue weighted by Gasteiger charge is 1.62. The van der Waals surface area contributed by atoms with E-state index in [1.54, 1.807) is 0 Å². The summed E-state index contributed by atoms with van der Waals surface area (Å²) in [6.45, 7) is 0. The van der Waals surface area contributed by atoms with Crippen LogP contribution in [0.1, 0.15) is 0 Å². The Morgan fingerprint density at radius 2 is 2.25 bits per heavy atom. The van der Waals surface area contributed by atoms with Crippen molar-refractivity contribution in [2.24, 2.45) is 0 Å². The quantitative estimate of drug-likeness (QED) is 0.351. The first-order chi connectivity index (χ1) is 1.91. The molecule has 0 fully saturated rings. The third kappa shape index (κ3) is 2.20. The summed E-state index contributed by atoms with van der Waals surface area (Å²) in [6.07, 6.45) is 0. The molecule has 1 N–H and O–H groups in total. The highest BCUT2D eigenvalue weighted by atomic mass is 28.2. The standard InChI is InChI=1S/BH5O2Si/c2-1-3-4/h1-2H,4H3. The molecule has 0 aliphatic rings. The largest absolute Gasteiger partial charge is 0.464 e. The lowest BCUT2D eigenvalue weighted by atomic mass is 10.4. The molecule has 0 aromatic rings. The van der Waals surface area contributed by atoms with Crippen LogP contribution in [0, 0.1) is 0 Å². The first kappa shape index (κ1) is 4.20. The second-order valence-corrected chi connectivity index (χ2v) is 0.995. The fourth-order valence-corrected chi connectivity index (χ4v) is 0.